The molecule has 0 saturated heterocycles. The number of amides is 1. The third-order valence-corrected chi connectivity index (χ3v) is 6.24. The van der Waals surface area contributed by atoms with E-state index in [1.54, 1.807) is 30.2 Å². The van der Waals surface area contributed by atoms with E-state index in [1.807, 2.05) is 36.5 Å². The summed E-state index contributed by atoms with van der Waals surface area (Å²) < 4.78 is 2.09. The summed E-state index contributed by atoms with van der Waals surface area (Å²) in [4.78, 5) is 17.1. The van der Waals surface area contributed by atoms with Gasteiger partial charge in [0.1, 0.15) is 0 Å². The van der Waals surface area contributed by atoms with Crippen LogP contribution in [0.2, 0.25) is 0 Å². The standard InChI is InChI=1S/C22H24N4O2S/c23-22(28)19-8-5-16(14-20(19)25-15-3-6-17(27)7-4-15)26-13-1-2-21(26)29-18-9-11-24-12-10-18/h1-2,5,8-15,17,25,27H,3-4,6-7H2,(H2,23,28). The van der Waals surface area contributed by atoms with E-state index in [0.29, 0.717) is 5.56 Å². The molecule has 1 aliphatic rings. The van der Waals surface area contributed by atoms with E-state index < -0.39 is 5.91 Å². The monoisotopic (exact) mass is 408 g/mol. The quantitative estimate of drug-likeness (QED) is 0.576. The number of anilines is 1. The number of benzene rings is 1. The van der Waals surface area contributed by atoms with Gasteiger partial charge in [-0.3, -0.25) is 9.78 Å². The third kappa shape index (κ3) is 4.63. The number of nitrogens with zero attached hydrogens (tertiary/aromatic N) is 2. The number of aromatic nitrogens is 2. The SMILES string of the molecule is NC(=O)c1ccc(-n2cccc2Sc2ccncc2)cc1NC1CCC(O)CC1. The van der Waals surface area contributed by atoms with Crippen LogP contribution in [0.5, 0.6) is 0 Å². The van der Waals surface area contributed by atoms with Crippen molar-refractivity contribution in [3.8, 4) is 5.69 Å². The molecular formula is C22H24N4O2S. The second-order valence-corrected chi connectivity index (χ2v) is 8.34. The molecule has 1 saturated carbocycles. The molecule has 0 atom stereocenters. The first-order valence-electron chi connectivity index (χ1n) is 9.74. The Kier molecular flexibility index (Phi) is 5.87. The van der Waals surface area contributed by atoms with E-state index in [-0.39, 0.29) is 12.1 Å². The molecule has 150 valence electrons. The van der Waals surface area contributed by atoms with E-state index in [4.69, 9.17) is 5.73 Å². The van der Waals surface area contributed by atoms with Crippen LogP contribution >= 0.6 is 11.8 Å². The summed E-state index contributed by atoms with van der Waals surface area (Å²) in [5.41, 5.74) is 7.78. The van der Waals surface area contributed by atoms with Crippen LogP contribution in [0.25, 0.3) is 5.69 Å². The minimum Gasteiger partial charge on any atom is -0.393 e. The van der Waals surface area contributed by atoms with E-state index in [2.05, 4.69) is 20.9 Å². The third-order valence-electron chi connectivity index (χ3n) is 5.19. The number of rotatable bonds is 6. The number of hydrogen-bond donors (Lipinski definition) is 3. The summed E-state index contributed by atoms with van der Waals surface area (Å²) in [6.07, 6.45) is 8.63. The van der Waals surface area contributed by atoms with Crippen LogP contribution in [0.4, 0.5) is 5.69 Å². The molecule has 0 unspecified atom stereocenters. The van der Waals surface area contributed by atoms with Gasteiger partial charge in [-0.1, -0.05) is 11.8 Å². The maximum absolute atomic E-state index is 11.9. The predicted octanol–water partition coefficient (Wildman–Crippen LogP) is 3.84. The van der Waals surface area contributed by atoms with Gasteiger partial charge >= 0.3 is 0 Å². The Bertz CT molecular complexity index is 981. The first-order chi connectivity index (χ1) is 14.1. The van der Waals surface area contributed by atoms with Crippen LogP contribution in [0.15, 0.2) is 71.0 Å². The number of carbonyl (C=O) groups excluding carboxylic acids is 1. The molecule has 0 aliphatic heterocycles. The number of aliphatic hydroxyl groups is 1. The van der Waals surface area contributed by atoms with Crippen molar-refractivity contribution in [2.75, 3.05) is 5.32 Å². The minimum atomic E-state index is -0.450. The van der Waals surface area contributed by atoms with Crippen LogP contribution < -0.4 is 11.1 Å². The van der Waals surface area contributed by atoms with E-state index in [9.17, 15) is 9.90 Å². The zero-order valence-corrected chi connectivity index (χ0v) is 16.8. The lowest BCUT2D eigenvalue weighted by molar-refractivity contribution is 0.100. The average Bonchev–Trinajstić information content (AvgIpc) is 3.18. The summed E-state index contributed by atoms with van der Waals surface area (Å²) in [5.74, 6) is -0.450. The number of pyridine rings is 1. The molecule has 0 radical (unpaired) electrons. The lowest BCUT2D eigenvalue weighted by atomic mass is 9.92. The molecule has 2 heterocycles. The summed E-state index contributed by atoms with van der Waals surface area (Å²) >= 11 is 1.65. The highest BCUT2D eigenvalue weighted by Gasteiger charge is 2.21. The molecule has 7 heteroatoms. The highest BCUT2D eigenvalue weighted by Crippen LogP contribution is 2.32. The van der Waals surface area contributed by atoms with Crippen molar-refractivity contribution in [2.45, 2.75) is 47.8 Å². The second-order valence-electron chi connectivity index (χ2n) is 7.25. The van der Waals surface area contributed by atoms with E-state index in [0.717, 1.165) is 47.0 Å². The average molecular weight is 409 g/mol. The van der Waals surface area contributed by atoms with Crippen LogP contribution in [-0.2, 0) is 0 Å². The number of primary amides is 1. The molecular weight excluding hydrogens is 384 g/mol. The van der Waals surface area contributed by atoms with Crippen molar-refractivity contribution in [3.63, 3.8) is 0 Å². The highest BCUT2D eigenvalue weighted by molar-refractivity contribution is 7.99. The topological polar surface area (TPSA) is 93.2 Å². The molecule has 4 N–H and O–H groups in total. The second kappa shape index (κ2) is 8.71. The molecule has 1 aromatic carbocycles. The maximum Gasteiger partial charge on any atom is 0.250 e. The van der Waals surface area contributed by atoms with E-state index >= 15 is 0 Å². The van der Waals surface area contributed by atoms with Crippen molar-refractivity contribution in [2.24, 2.45) is 5.73 Å². The fourth-order valence-corrected chi connectivity index (χ4v) is 4.56. The summed E-state index contributed by atoms with van der Waals surface area (Å²) in [6, 6.07) is 13.9. The first kappa shape index (κ1) is 19.5. The largest absolute Gasteiger partial charge is 0.393 e. The van der Waals surface area contributed by atoms with Gasteiger partial charge in [-0.05, 0) is 68.1 Å². The summed E-state index contributed by atoms with van der Waals surface area (Å²) in [7, 11) is 0. The van der Waals surface area contributed by atoms with Gasteiger partial charge in [-0.2, -0.15) is 0 Å². The Hall–Kier alpha value is -2.77. The molecule has 1 aliphatic carbocycles. The van der Waals surface area contributed by atoms with Crippen molar-refractivity contribution >= 4 is 23.4 Å². The van der Waals surface area contributed by atoms with Crippen molar-refractivity contribution in [1.29, 1.82) is 0 Å². The number of aliphatic hydroxyl groups excluding tert-OH is 1. The normalized spacial score (nSPS) is 19.1. The van der Waals surface area contributed by atoms with Gasteiger partial charge in [0.05, 0.1) is 16.7 Å². The van der Waals surface area contributed by atoms with Gasteiger partial charge in [0.2, 0.25) is 0 Å². The molecule has 1 amide bonds. The van der Waals surface area contributed by atoms with Gasteiger partial charge in [0.25, 0.3) is 5.91 Å². The number of hydrogen-bond acceptors (Lipinski definition) is 5. The molecule has 6 nitrogen and oxygen atoms in total. The van der Waals surface area contributed by atoms with Crippen molar-refractivity contribution in [3.05, 3.63) is 66.6 Å². The molecule has 29 heavy (non-hydrogen) atoms. The highest BCUT2D eigenvalue weighted by atomic mass is 32.2. The summed E-state index contributed by atoms with van der Waals surface area (Å²) in [5, 5.41) is 14.3. The fourth-order valence-electron chi connectivity index (χ4n) is 3.65. The Labute approximate surface area is 174 Å². The Morgan fingerprint density at radius 3 is 2.62 bits per heavy atom. The zero-order valence-electron chi connectivity index (χ0n) is 16.0. The maximum atomic E-state index is 11.9. The van der Waals surface area contributed by atoms with Gasteiger partial charge < -0.3 is 20.7 Å². The Morgan fingerprint density at radius 1 is 1.14 bits per heavy atom. The van der Waals surface area contributed by atoms with Gasteiger partial charge in [0, 0.05) is 40.9 Å². The molecule has 0 spiro atoms. The molecule has 2 aromatic heterocycles. The van der Waals surface area contributed by atoms with Gasteiger partial charge in [-0.15, -0.1) is 0 Å². The van der Waals surface area contributed by atoms with Crippen molar-refractivity contribution in [1.82, 2.24) is 9.55 Å². The van der Waals surface area contributed by atoms with Crippen LogP contribution in [-0.4, -0.2) is 32.7 Å². The fraction of sp³-hybridized carbons (Fsp3) is 0.273. The number of nitrogens with one attached hydrogen (secondary N) is 1. The van der Waals surface area contributed by atoms with Crippen LogP contribution in [0.3, 0.4) is 0 Å². The minimum absolute atomic E-state index is 0.220. The molecule has 4 rings (SSSR count). The van der Waals surface area contributed by atoms with Crippen LogP contribution in [0.1, 0.15) is 36.0 Å². The zero-order chi connectivity index (χ0) is 20.2. The Morgan fingerprint density at radius 2 is 1.90 bits per heavy atom. The summed E-state index contributed by atoms with van der Waals surface area (Å²) in [6.45, 7) is 0. The van der Waals surface area contributed by atoms with E-state index in [1.165, 1.54) is 0 Å². The predicted molar refractivity (Wildman–Crippen MR) is 115 cm³/mol. The molecule has 3 aromatic rings. The lowest BCUT2D eigenvalue weighted by Crippen LogP contribution is -2.29. The van der Waals surface area contributed by atoms with Crippen LogP contribution in [0, 0.1) is 0 Å². The smallest absolute Gasteiger partial charge is 0.250 e. The number of carbonyl (C=O) groups is 1. The van der Waals surface area contributed by atoms with Crippen molar-refractivity contribution < 1.29 is 9.90 Å². The number of nitrogens with two attached hydrogens (primary N) is 1. The molecule has 0 bridgehead atoms. The van der Waals surface area contributed by atoms with Gasteiger partial charge in [-0.25, -0.2) is 0 Å². The van der Waals surface area contributed by atoms with Gasteiger partial charge in [0.15, 0.2) is 0 Å². The Balaban J connectivity index is 1.62. The first-order valence-corrected chi connectivity index (χ1v) is 10.6. The lowest BCUT2D eigenvalue weighted by Gasteiger charge is -2.28. The molecule has 1 fully saturated rings.